The van der Waals surface area contributed by atoms with Gasteiger partial charge in [0.05, 0.1) is 5.25 Å². The van der Waals surface area contributed by atoms with Gasteiger partial charge in [-0.1, -0.05) is 6.07 Å². The van der Waals surface area contributed by atoms with Crippen LogP contribution in [0, 0.1) is 11.6 Å². The molecule has 0 aromatic heterocycles. The minimum absolute atomic E-state index is 0.148. The average Bonchev–Trinajstić information content (AvgIpc) is 2.49. The van der Waals surface area contributed by atoms with Crippen LogP contribution in [-0.4, -0.2) is 37.6 Å². The molecule has 8 heteroatoms. The minimum atomic E-state index is -3.68. The number of likely N-dealkylation sites (tertiary alicyclic amines) is 1. The number of sulfonamides is 1. The number of benzene rings is 1. The molecule has 5 nitrogen and oxygen atoms in total. The first-order valence-electron chi connectivity index (χ1n) is 7.42. The molecule has 0 unspecified atom stereocenters. The van der Waals surface area contributed by atoms with Crippen LogP contribution in [0.2, 0.25) is 0 Å². The van der Waals surface area contributed by atoms with E-state index in [0.29, 0.717) is 24.9 Å². The molecule has 1 aromatic carbocycles. The first kappa shape index (κ1) is 17.8. The summed E-state index contributed by atoms with van der Waals surface area (Å²) in [6.45, 7) is 3.68. The van der Waals surface area contributed by atoms with Crippen molar-refractivity contribution in [2.45, 2.75) is 38.0 Å². The zero-order chi connectivity index (χ0) is 17.2. The normalized spacial score (nSPS) is 20.3. The number of nitrogens with one attached hydrogen (secondary N) is 1. The van der Waals surface area contributed by atoms with Gasteiger partial charge in [0, 0.05) is 26.1 Å². The molecule has 2 atom stereocenters. The molecule has 0 radical (unpaired) electrons. The van der Waals surface area contributed by atoms with Crippen molar-refractivity contribution in [3.8, 4) is 0 Å². The number of carbonyl (C=O) groups excluding carboxylic acids is 1. The molecule has 1 fully saturated rings. The lowest BCUT2D eigenvalue weighted by Crippen LogP contribution is -2.48. The average molecular weight is 346 g/mol. The molecular weight excluding hydrogens is 326 g/mol. The van der Waals surface area contributed by atoms with Gasteiger partial charge in [-0.2, -0.15) is 0 Å². The molecule has 0 aliphatic carbocycles. The monoisotopic (exact) mass is 346 g/mol. The molecular formula is C15H20F2N2O3S. The van der Waals surface area contributed by atoms with Crippen molar-refractivity contribution in [1.29, 1.82) is 0 Å². The Labute approximate surface area is 134 Å². The number of hydrogen-bond acceptors (Lipinski definition) is 3. The second kappa shape index (κ2) is 6.92. The summed E-state index contributed by atoms with van der Waals surface area (Å²) in [6.07, 6.45) is 1.08. The topological polar surface area (TPSA) is 66.5 Å². The van der Waals surface area contributed by atoms with Gasteiger partial charge in [-0.15, -0.1) is 0 Å². The Bertz CT molecular complexity index is 694. The first-order valence-corrected chi connectivity index (χ1v) is 8.97. The summed E-state index contributed by atoms with van der Waals surface area (Å²) < 4.78 is 53.7. The van der Waals surface area contributed by atoms with Crippen molar-refractivity contribution in [3.63, 3.8) is 0 Å². The van der Waals surface area contributed by atoms with E-state index in [2.05, 4.69) is 4.72 Å². The molecule has 1 aromatic rings. The van der Waals surface area contributed by atoms with Crippen LogP contribution in [0.15, 0.2) is 18.2 Å². The Hall–Kier alpha value is -1.54. The quantitative estimate of drug-likeness (QED) is 0.906. The standard InChI is InChI=1S/C15H20F2N2O3S/c1-10(12-5-6-14(16)15(17)8-12)18-23(21,22)13-4-3-7-19(9-13)11(2)20/h5-6,8,10,13,18H,3-4,7,9H2,1-2H3/t10-,13-/m1/s1. The lowest BCUT2D eigenvalue weighted by Gasteiger charge is -2.32. The van der Waals surface area contributed by atoms with Crippen LogP contribution in [0.1, 0.15) is 38.3 Å². The molecule has 23 heavy (non-hydrogen) atoms. The predicted molar refractivity (Wildman–Crippen MR) is 82.1 cm³/mol. The van der Waals surface area contributed by atoms with Gasteiger partial charge in [-0.05, 0) is 37.5 Å². The molecule has 1 aliphatic heterocycles. The SMILES string of the molecule is CC(=O)N1CCC[C@@H](S(=O)(=O)N[C@H](C)c2ccc(F)c(F)c2)C1. The maximum absolute atomic E-state index is 13.3. The van der Waals surface area contributed by atoms with Crippen LogP contribution >= 0.6 is 0 Å². The summed E-state index contributed by atoms with van der Waals surface area (Å²) in [5.74, 6) is -2.15. The van der Waals surface area contributed by atoms with Crippen molar-refractivity contribution in [2.75, 3.05) is 13.1 Å². The van der Waals surface area contributed by atoms with E-state index < -0.39 is 32.9 Å². The van der Waals surface area contributed by atoms with Crippen LogP contribution in [0.4, 0.5) is 8.78 Å². The van der Waals surface area contributed by atoms with Crippen molar-refractivity contribution in [2.24, 2.45) is 0 Å². The molecule has 1 saturated heterocycles. The minimum Gasteiger partial charge on any atom is -0.342 e. The summed E-state index contributed by atoms with van der Waals surface area (Å²) in [5.41, 5.74) is 0.340. The molecule has 1 N–H and O–H groups in total. The van der Waals surface area contributed by atoms with Crippen molar-refractivity contribution in [1.82, 2.24) is 9.62 Å². The van der Waals surface area contributed by atoms with E-state index in [1.165, 1.54) is 17.9 Å². The molecule has 0 spiro atoms. The van der Waals surface area contributed by atoms with E-state index in [9.17, 15) is 22.0 Å². The Kier molecular flexibility index (Phi) is 5.36. The number of carbonyl (C=O) groups is 1. The van der Waals surface area contributed by atoms with Gasteiger partial charge in [0.25, 0.3) is 0 Å². The van der Waals surface area contributed by atoms with Crippen LogP contribution in [-0.2, 0) is 14.8 Å². The molecule has 1 heterocycles. The highest BCUT2D eigenvalue weighted by Crippen LogP contribution is 2.21. The molecule has 1 aliphatic rings. The second-order valence-electron chi connectivity index (χ2n) is 5.79. The maximum atomic E-state index is 13.3. The lowest BCUT2D eigenvalue weighted by molar-refractivity contribution is -0.129. The Morgan fingerprint density at radius 3 is 2.65 bits per heavy atom. The van der Waals surface area contributed by atoms with Gasteiger partial charge in [0.2, 0.25) is 15.9 Å². The van der Waals surface area contributed by atoms with Crippen LogP contribution in [0.3, 0.4) is 0 Å². The maximum Gasteiger partial charge on any atom is 0.219 e. The highest BCUT2D eigenvalue weighted by molar-refractivity contribution is 7.90. The zero-order valence-electron chi connectivity index (χ0n) is 13.1. The fourth-order valence-corrected chi connectivity index (χ4v) is 4.34. The Morgan fingerprint density at radius 2 is 2.04 bits per heavy atom. The van der Waals surface area contributed by atoms with E-state index in [0.717, 1.165) is 12.1 Å². The fourth-order valence-electron chi connectivity index (χ4n) is 2.67. The number of nitrogens with zero attached hydrogens (tertiary/aromatic N) is 1. The van der Waals surface area contributed by atoms with Gasteiger partial charge in [-0.25, -0.2) is 21.9 Å². The number of rotatable bonds is 4. The highest BCUT2D eigenvalue weighted by atomic mass is 32.2. The Morgan fingerprint density at radius 1 is 1.35 bits per heavy atom. The Balaban J connectivity index is 2.10. The van der Waals surface area contributed by atoms with E-state index in [4.69, 9.17) is 0 Å². The smallest absolute Gasteiger partial charge is 0.219 e. The summed E-state index contributed by atoms with van der Waals surface area (Å²) in [6, 6.07) is 2.59. The van der Waals surface area contributed by atoms with Crippen molar-refractivity contribution < 1.29 is 22.0 Å². The summed E-state index contributed by atoms with van der Waals surface area (Å²) >= 11 is 0. The van der Waals surface area contributed by atoms with Crippen LogP contribution in [0.5, 0.6) is 0 Å². The molecule has 0 saturated carbocycles. The van der Waals surface area contributed by atoms with Crippen LogP contribution in [0.25, 0.3) is 0 Å². The fraction of sp³-hybridized carbons (Fsp3) is 0.533. The third-order valence-corrected chi connectivity index (χ3v) is 5.99. The van der Waals surface area contributed by atoms with Gasteiger partial charge in [0.15, 0.2) is 11.6 Å². The molecule has 1 amide bonds. The molecule has 2 rings (SSSR count). The van der Waals surface area contributed by atoms with E-state index in [-0.39, 0.29) is 12.5 Å². The number of amides is 1. The summed E-state index contributed by atoms with van der Waals surface area (Å²) in [5, 5.41) is -0.701. The van der Waals surface area contributed by atoms with Gasteiger partial charge < -0.3 is 4.90 Å². The third-order valence-electron chi connectivity index (χ3n) is 4.05. The second-order valence-corrected chi connectivity index (χ2v) is 7.78. The van der Waals surface area contributed by atoms with E-state index in [1.54, 1.807) is 6.92 Å². The van der Waals surface area contributed by atoms with Crippen molar-refractivity contribution >= 4 is 15.9 Å². The highest BCUT2D eigenvalue weighted by Gasteiger charge is 2.32. The van der Waals surface area contributed by atoms with Gasteiger partial charge in [-0.3, -0.25) is 4.79 Å². The number of hydrogen-bond donors (Lipinski definition) is 1. The number of halogens is 2. The van der Waals surface area contributed by atoms with Gasteiger partial charge >= 0.3 is 0 Å². The summed E-state index contributed by atoms with van der Waals surface area (Å²) in [7, 11) is -3.68. The zero-order valence-corrected chi connectivity index (χ0v) is 13.9. The molecule has 128 valence electrons. The number of piperidine rings is 1. The summed E-state index contributed by atoms with van der Waals surface area (Å²) in [4.78, 5) is 12.9. The van der Waals surface area contributed by atoms with Crippen molar-refractivity contribution in [3.05, 3.63) is 35.4 Å². The van der Waals surface area contributed by atoms with Crippen LogP contribution < -0.4 is 4.72 Å². The lowest BCUT2D eigenvalue weighted by atomic mass is 10.1. The third kappa shape index (κ3) is 4.26. The first-order chi connectivity index (χ1) is 10.7. The molecule has 0 bridgehead atoms. The largest absolute Gasteiger partial charge is 0.342 e. The van der Waals surface area contributed by atoms with Gasteiger partial charge in [0.1, 0.15) is 0 Å². The predicted octanol–water partition coefficient (Wildman–Crippen LogP) is 1.96. The van der Waals surface area contributed by atoms with E-state index in [1.807, 2.05) is 0 Å². The van der Waals surface area contributed by atoms with E-state index >= 15 is 0 Å².